The lowest BCUT2D eigenvalue weighted by Gasteiger charge is -2.29. The summed E-state index contributed by atoms with van der Waals surface area (Å²) >= 11 is 0. The van der Waals surface area contributed by atoms with E-state index in [1.54, 1.807) is 12.1 Å². The van der Waals surface area contributed by atoms with Crippen LogP contribution in [0.4, 0.5) is 13.2 Å². The minimum Gasteiger partial charge on any atom is -0.351 e. The fourth-order valence-electron chi connectivity index (χ4n) is 5.18. The quantitative estimate of drug-likeness (QED) is 0.568. The highest BCUT2D eigenvalue weighted by Crippen LogP contribution is 2.33. The molecule has 1 saturated carbocycles. The molecule has 1 aromatic rings. The van der Waals surface area contributed by atoms with Crippen molar-refractivity contribution in [1.29, 1.82) is 0 Å². The van der Waals surface area contributed by atoms with Crippen LogP contribution in [0.2, 0.25) is 0 Å². The van der Waals surface area contributed by atoms with E-state index in [2.05, 4.69) is 20.7 Å². The predicted molar refractivity (Wildman–Crippen MR) is 115 cm³/mol. The first kappa shape index (κ1) is 24.4. The molecule has 2 saturated heterocycles. The minimum absolute atomic E-state index is 0.0704. The van der Waals surface area contributed by atoms with Crippen LogP contribution in [0, 0.1) is 5.92 Å². The van der Waals surface area contributed by atoms with Gasteiger partial charge in [-0.2, -0.15) is 0 Å². The van der Waals surface area contributed by atoms with Gasteiger partial charge in [0.1, 0.15) is 0 Å². The molecule has 1 amide bonds. The third kappa shape index (κ3) is 6.06. The molecule has 0 spiro atoms. The molecule has 0 aromatic heterocycles. The second-order valence-electron chi connectivity index (χ2n) is 9.20. The molecule has 0 radical (unpaired) electrons. The lowest BCUT2D eigenvalue weighted by atomic mass is 9.94. The SMILES string of the molecule is O=C(NCc1ccc(S(=O)(=O)C2CCCC(OC(F)(F)F)C2)cc1)C1CC2CNCCC2N1. The summed E-state index contributed by atoms with van der Waals surface area (Å²) < 4.78 is 67.6. The predicted octanol–water partition coefficient (Wildman–Crippen LogP) is 2.26. The Hall–Kier alpha value is -1.69. The smallest absolute Gasteiger partial charge is 0.351 e. The number of hydrogen-bond donors (Lipinski definition) is 3. The average Bonchev–Trinajstić information content (AvgIpc) is 3.21. The Morgan fingerprint density at radius 3 is 2.58 bits per heavy atom. The standard InChI is InChI=1S/C22H30F3N3O4S/c23-22(24,25)32-16-2-1-3-18(11-16)33(30,31)17-6-4-14(5-7-17)12-27-21(29)20-10-15-13-26-9-8-19(15)28-20/h4-7,15-16,18-20,26,28H,1-3,8-13H2,(H,27,29). The minimum atomic E-state index is -4.77. The Morgan fingerprint density at radius 1 is 1.12 bits per heavy atom. The summed E-state index contributed by atoms with van der Waals surface area (Å²) in [5.74, 6) is 0.388. The highest BCUT2D eigenvalue weighted by molar-refractivity contribution is 7.92. The van der Waals surface area contributed by atoms with E-state index in [4.69, 9.17) is 0 Å². The molecular weight excluding hydrogens is 459 g/mol. The first-order valence-corrected chi connectivity index (χ1v) is 13.0. The molecule has 1 aromatic carbocycles. The summed E-state index contributed by atoms with van der Waals surface area (Å²) in [6.45, 7) is 2.14. The summed E-state index contributed by atoms with van der Waals surface area (Å²) in [5.41, 5.74) is 0.751. The van der Waals surface area contributed by atoms with Gasteiger partial charge in [0.2, 0.25) is 5.91 Å². The van der Waals surface area contributed by atoms with Gasteiger partial charge in [-0.05, 0) is 75.2 Å². The highest BCUT2D eigenvalue weighted by Gasteiger charge is 2.40. The molecule has 33 heavy (non-hydrogen) atoms. The average molecular weight is 490 g/mol. The molecule has 5 atom stereocenters. The number of sulfone groups is 1. The number of rotatable bonds is 6. The van der Waals surface area contributed by atoms with Gasteiger partial charge >= 0.3 is 6.36 Å². The summed E-state index contributed by atoms with van der Waals surface area (Å²) in [4.78, 5) is 12.6. The van der Waals surface area contributed by atoms with Gasteiger partial charge in [-0.15, -0.1) is 13.2 Å². The van der Waals surface area contributed by atoms with Crippen LogP contribution >= 0.6 is 0 Å². The molecule has 4 rings (SSSR count). The van der Waals surface area contributed by atoms with E-state index >= 15 is 0 Å². The number of fused-ring (bicyclic) bond motifs is 1. The van der Waals surface area contributed by atoms with Crippen molar-refractivity contribution in [2.75, 3.05) is 13.1 Å². The number of carbonyl (C=O) groups excluding carboxylic acids is 1. The number of nitrogens with one attached hydrogen (secondary N) is 3. The maximum Gasteiger partial charge on any atom is 0.522 e. The molecule has 1 aliphatic carbocycles. The first-order chi connectivity index (χ1) is 15.6. The van der Waals surface area contributed by atoms with Crippen molar-refractivity contribution in [1.82, 2.24) is 16.0 Å². The third-order valence-corrected chi connectivity index (χ3v) is 9.15. The van der Waals surface area contributed by atoms with Gasteiger partial charge < -0.3 is 16.0 Å². The number of piperidine rings is 1. The number of hydrogen-bond acceptors (Lipinski definition) is 6. The van der Waals surface area contributed by atoms with Crippen LogP contribution in [0.25, 0.3) is 0 Å². The van der Waals surface area contributed by atoms with Crippen LogP contribution < -0.4 is 16.0 Å². The molecule has 5 unspecified atom stereocenters. The first-order valence-electron chi connectivity index (χ1n) is 11.4. The van der Waals surface area contributed by atoms with Crippen LogP contribution in [0.3, 0.4) is 0 Å². The van der Waals surface area contributed by atoms with E-state index in [1.807, 2.05) is 0 Å². The van der Waals surface area contributed by atoms with Crippen LogP contribution in [0.15, 0.2) is 29.2 Å². The Bertz CT molecular complexity index is 925. The van der Waals surface area contributed by atoms with Gasteiger partial charge in [0.05, 0.1) is 22.3 Å². The molecule has 3 fully saturated rings. The normalized spacial score (nSPS) is 30.6. The number of amides is 1. The Morgan fingerprint density at radius 2 is 1.88 bits per heavy atom. The van der Waals surface area contributed by atoms with Crippen molar-refractivity contribution in [3.8, 4) is 0 Å². The van der Waals surface area contributed by atoms with Crippen molar-refractivity contribution in [3.63, 3.8) is 0 Å². The van der Waals surface area contributed by atoms with E-state index < -0.39 is 27.6 Å². The summed E-state index contributed by atoms with van der Waals surface area (Å²) in [6.07, 6.45) is -3.42. The van der Waals surface area contributed by atoms with Crippen LogP contribution in [-0.2, 0) is 25.9 Å². The molecule has 11 heteroatoms. The molecule has 184 valence electrons. The van der Waals surface area contributed by atoms with Crippen molar-refractivity contribution in [2.45, 2.75) is 79.8 Å². The van der Waals surface area contributed by atoms with Crippen molar-refractivity contribution in [3.05, 3.63) is 29.8 Å². The summed E-state index contributed by atoms with van der Waals surface area (Å²) in [5, 5.41) is 8.75. The second kappa shape index (κ2) is 9.89. The summed E-state index contributed by atoms with van der Waals surface area (Å²) in [6, 6.07) is 6.32. The lowest BCUT2D eigenvalue weighted by Crippen LogP contribution is -2.45. The Kier molecular flexibility index (Phi) is 7.32. The molecule has 2 heterocycles. The molecule has 7 nitrogen and oxygen atoms in total. The number of ether oxygens (including phenoxy) is 1. The molecule has 3 aliphatic rings. The number of alkyl halides is 3. The number of benzene rings is 1. The van der Waals surface area contributed by atoms with E-state index in [0.717, 1.165) is 31.5 Å². The zero-order valence-corrected chi connectivity index (χ0v) is 19.1. The molecule has 3 N–H and O–H groups in total. The zero-order chi connectivity index (χ0) is 23.6. The van der Waals surface area contributed by atoms with Gasteiger partial charge in [-0.25, -0.2) is 8.42 Å². The van der Waals surface area contributed by atoms with Crippen LogP contribution in [0.1, 0.15) is 44.1 Å². The van der Waals surface area contributed by atoms with Crippen molar-refractivity contribution >= 4 is 15.7 Å². The maximum absolute atomic E-state index is 13.0. The topological polar surface area (TPSA) is 96.5 Å². The fourth-order valence-corrected chi connectivity index (χ4v) is 7.03. The second-order valence-corrected chi connectivity index (χ2v) is 11.4. The third-order valence-electron chi connectivity index (χ3n) is 6.91. The van der Waals surface area contributed by atoms with E-state index in [-0.39, 0.29) is 36.2 Å². The highest BCUT2D eigenvalue weighted by atomic mass is 32.2. The van der Waals surface area contributed by atoms with Crippen molar-refractivity contribution < 1.29 is 31.1 Å². The largest absolute Gasteiger partial charge is 0.522 e. The van der Waals surface area contributed by atoms with E-state index in [9.17, 15) is 26.4 Å². The molecule has 2 aliphatic heterocycles. The molecule has 0 bridgehead atoms. The number of carbonyl (C=O) groups is 1. The molecular formula is C22H30F3N3O4S. The van der Waals surface area contributed by atoms with Gasteiger partial charge in [0.25, 0.3) is 0 Å². The number of halogens is 3. The summed E-state index contributed by atoms with van der Waals surface area (Å²) in [7, 11) is -3.77. The van der Waals surface area contributed by atoms with Gasteiger partial charge in [-0.3, -0.25) is 9.53 Å². The monoisotopic (exact) mass is 489 g/mol. The maximum atomic E-state index is 13.0. The van der Waals surface area contributed by atoms with E-state index in [0.29, 0.717) is 24.8 Å². The van der Waals surface area contributed by atoms with Crippen LogP contribution in [-0.4, -0.2) is 57.2 Å². The lowest BCUT2D eigenvalue weighted by molar-refractivity contribution is -0.345. The zero-order valence-electron chi connectivity index (χ0n) is 18.2. The Balaban J connectivity index is 1.31. The van der Waals surface area contributed by atoms with E-state index in [1.165, 1.54) is 12.1 Å². The van der Waals surface area contributed by atoms with Gasteiger partial charge in [0, 0.05) is 12.6 Å². The van der Waals surface area contributed by atoms with Gasteiger partial charge in [0.15, 0.2) is 9.84 Å². The fraction of sp³-hybridized carbons (Fsp3) is 0.682. The van der Waals surface area contributed by atoms with Gasteiger partial charge in [-0.1, -0.05) is 12.1 Å². The van der Waals surface area contributed by atoms with Crippen LogP contribution in [0.5, 0.6) is 0 Å². The van der Waals surface area contributed by atoms with Crippen molar-refractivity contribution in [2.24, 2.45) is 5.92 Å². The Labute approximate surface area is 191 Å².